The van der Waals surface area contributed by atoms with Crippen LogP contribution in [0.1, 0.15) is 17.0 Å². The minimum Gasteiger partial charge on any atom is -0.465 e. The van der Waals surface area contributed by atoms with Crippen LogP contribution in [-0.2, 0) is 0 Å². The van der Waals surface area contributed by atoms with E-state index in [1.54, 1.807) is 43.5 Å². The van der Waals surface area contributed by atoms with Gasteiger partial charge in [-0.3, -0.25) is 4.79 Å². The number of hydrogen-bond acceptors (Lipinski definition) is 3. The van der Waals surface area contributed by atoms with Crippen molar-refractivity contribution in [1.82, 2.24) is 4.73 Å². The molecule has 0 atom stereocenters. The maximum absolute atomic E-state index is 11.3. The van der Waals surface area contributed by atoms with Crippen LogP contribution in [-0.4, -0.2) is 9.94 Å². The Balaban J connectivity index is 2.38. The lowest BCUT2D eigenvalue weighted by Gasteiger charge is -2.02. The standard InChI is InChI=1S/C12H11NO3/c1-9-7-10(13(15)12(14)8-9)4-5-11-3-2-6-16-11/h2-8,15H,1H3. The fourth-order valence-electron chi connectivity index (χ4n) is 1.39. The van der Waals surface area contributed by atoms with Crippen molar-refractivity contribution < 1.29 is 9.62 Å². The van der Waals surface area contributed by atoms with E-state index in [9.17, 15) is 10.0 Å². The van der Waals surface area contributed by atoms with Crippen LogP contribution in [0.4, 0.5) is 0 Å². The molecule has 0 aliphatic rings. The lowest BCUT2D eigenvalue weighted by Crippen LogP contribution is -2.18. The average Bonchev–Trinajstić information content (AvgIpc) is 2.74. The molecule has 4 nitrogen and oxygen atoms in total. The predicted octanol–water partition coefficient (Wildman–Crippen LogP) is 2.16. The number of hydrogen-bond donors (Lipinski definition) is 1. The normalized spacial score (nSPS) is 11.1. The SMILES string of the molecule is Cc1cc(C=Cc2ccco2)n(O)c(=O)c1. The summed E-state index contributed by atoms with van der Waals surface area (Å²) in [7, 11) is 0. The average molecular weight is 217 g/mol. The fraction of sp³-hybridized carbons (Fsp3) is 0.0833. The van der Waals surface area contributed by atoms with Crippen LogP contribution in [0.5, 0.6) is 0 Å². The fourth-order valence-corrected chi connectivity index (χ4v) is 1.39. The summed E-state index contributed by atoms with van der Waals surface area (Å²) in [4.78, 5) is 11.3. The summed E-state index contributed by atoms with van der Waals surface area (Å²) in [6.45, 7) is 1.80. The van der Waals surface area contributed by atoms with Crippen molar-refractivity contribution in [2.45, 2.75) is 6.92 Å². The van der Waals surface area contributed by atoms with E-state index in [0.717, 1.165) is 5.56 Å². The molecule has 0 aliphatic heterocycles. The molecule has 0 saturated heterocycles. The van der Waals surface area contributed by atoms with E-state index < -0.39 is 5.56 Å². The third kappa shape index (κ3) is 2.06. The molecular weight excluding hydrogens is 206 g/mol. The summed E-state index contributed by atoms with van der Waals surface area (Å²) in [5.74, 6) is 0.661. The minimum atomic E-state index is -0.445. The van der Waals surface area contributed by atoms with E-state index in [1.165, 1.54) is 6.07 Å². The number of rotatable bonds is 2. The maximum Gasteiger partial charge on any atom is 0.283 e. The van der Waals surface area contributed by atoms with Crippen molar-refractivity contribution in [1.29, 1.82) is 0 Å². The Morgan fingerprint density at radius 2 is 2.19 bits per heavy atom. The number of furan rings is 1. The Morgan fingerprint density at radius 1 is 1.38 bits per heavy atom. The Kier molecular flexibility index (Phi) is 2.64. The lowest BCUT2D eigenvalue weighted by atomic mass is 10.2. The molecule has 0 amide bonds. The van der Waals surface area contributed by atoms with Crippen molar-refractivity contribution in [3.63, 3.8) is 0 Å². The first-order valence-electron chi connectivity index (χ1n) is 4.81. The van der Waals surface area contributed by atoms with Gasteiger partial charge < -0.3 is 9.62 Å². The summed E-state index contributed by atoms with van der Waals surface area (Å²) in [5.41, 5.74) is 0.773. The molecule has 16 heavy (non-hydrogen) atoms. The number of aryl methyl sites for hydroxylation is 1. The van der Waals surface area contributed by atoms with Gasteiger partial charge >= 0.3 is 0 Å². The van der Waals surface area contributed by atoms with E-state index >= 15 is 0 Å². The van der Waals surface area contributed by atoms with E-state index in [4.69, 9.17) is 4.42 Å². The van der Waals surface area contributed by atoms with Crippen LogP contribution in [0.2, 0.25) is 0 Å². The second-order valence-corrected chi connectivity index (χ2v) is 3.46. The summed E-state index contributed by atoms with van der Waals surface area (Å²) in [5, 5.41) is 9.47. The molecule has 0 unspecified atom stereocenters. The zero-order chi connectivity index (χ0) is 11.5. The van der Waals surface area contributed by atoms with Crippen molar-refractivity contribution >= 4 is 12.2 Å². The summed E-state index contributed by atoms with van der Waals surface area (Å²) in [6, 6.07) is 6.62. The molecule has 0 saturated carbocycles. The summed E-state index contributed by atoms with van der Waals surface area (Å²) >= 11 is 0. The molecule has 0 aliphatic carbocycles. The zero-order valence-corrected chi connectivity index (χ0v) is 8.75. The largest absolute Gasteiger partial charge is 0.465 e. The molecule has 0 bridgehead atoms. The van der Waals surface area contributed by atoms with Gasteiger partial charge in [0.15, 0.2) is 0 Å². The first-order chi connectivity index (χ1) is 7.66. The quantitative estimate of drug-likeness (QED) is 0.784. The second kappa shape index (κ2) is 4.10. The highest BCUT2D eigenvalue weighted by Crippen LogP contribution is 2.08. The molecule has 0 radical (unpaired) electrons. The van der Waals surface area contributed by atoms with E-state index in [-0.39, 0.29) is 0 Å². The topological polar surface area (TPSA) is 55.4 Å². The minimum absolute atomic E-state index is 0.418. The van der Waals surface area contributed by atoms with Gasteiger partial charge in [-0.1, -0.05) is 0 Å². The van der Waals surface area contributed by atoms with Gasteiger partial charge in [-0.05, 0) is 42.8 Å². The van der Waals surface area contributed by atoms with Crippen LogP contribution < -0.4 is 5.56 Å². The molecule has 1 N–H and O–H groups in total. The van der Waals surface area contributed by atoms with Crippen LogP contribution in [0.25, 0.3) is 12.2 Å². The van der Waals surface area contributed by atoms with Crippen LogP contribution in [0.15, 0.2) is 39.7 Å². The molecular formula is C12H11NO3. The highest BCUT2D eigenvalue weighted by Gasteiger charge is 2.00. The first kappa shape index (κ1) is 10.3. The van der Waals surface area contributed by atoms with Crippen molar-refractivity contribution in [2.75, 3.05) is 0 Å². The highest BCUT2D eigenvalue weighted by molar-refractivity contribution is 5.65. The Hall–Kier alpha value is -2.23. The van der Waals surface area contributed by atoms with Crippen molar-refractivity contribution in [3.8, 4) is 0 Å². The maximum atomic E-state index is 11.3. The smallest absolute Gasteiger partial charge is 0.283 e. The molecule has 2 heterocycles. The lowest BCUT2D eigenvalue weighted by molar-refractivity contribution is 0.172. The third-order valence-corrected chi connectivity index (χ3v) is 2.14. The van der Waals surface area contributed by atoms with Crippen LogP contribution in [0, 0.1) is 6.92 Å². The summed E-state index contributed by atoms with van der Waals surface area (Å²) in [6.07, 6.45) is 4.86. The predicted molar refractivity (Wildman–Crippen MR) is 60.3 cm³/mol. The van der Waals surface area contributed by atoms with Crippen LogP contribution in [0.3, 0.4) is 0 Å². The molecule has 82 valence electrons. The number of aromatic nitrogens is 1. The van der Waals surface area contributed by atoms with Crippen molar-refractivity contribution in [2.24, 2.45) is 0 Å². The van der Waals surface area contributed by atoms with Gasteiger partial charge in [0, 0.05) is 6.07 Å². The Labute approximate surface area is 92.0 Å². The Bertz CT molecular complexity index is 564. The first-order valence-corrected chi connectivity index (χ1v) is 4.81. The van der Waals surface area contributed by atoms with Gasteiger partial charge in [0.25, 0.3) is 5.56 Å². The third-order valence-electron chi connectivity index (χ3n) is 2.14. The molecule has 2 rings (SSSR count). The zero-order valence-electron chi connectivity index (χ0n) is 8.75. The van der Waals surface area contributed by atoms with Crippen LogP contribution >= 0.6 is 0 Å². The van der Waals surface area contributed by atoms with E-state index in [1.807, 2.05) is 0 Å². The van der Waals surface area contributed by atoms with E-state index in [0.29, 0.717) is 16.2 Å². The van der Waals surface area contributed by atoms with Gasteiger partial charge in [0.05, 0.1) is 12.0 Å². The summed E-state index contributed by atoms with van der Waals surface area (Å²) < 4.78 is 5.70. The monoisotopic (exact) mass is 217 g/mol. The van der Waals surface area contributed by atoms with Gasteiger partial charge in [-0.15, -0.1) is 4.73 Å². The van der Waals surface area contributed by atoms with Gasteiger partial charge in [0.1, 0.15) is 5.76 Å². The highest BCUT2D eigenvalue weighted by atomic mass is 16.5. The molecule has 0 spiro atoms. The second-order valence-electron chi connectivity index (χ2n) is 3.46. The number of nitrogens with zero attached hydrogens (tertiary/aromatic N) is 1. The van der Waals surface area contributed by atoms with Gasteiger partial charge in [-0.2, -0.15) is 0 Å². The molecule has 0 aromatic carbocycles. The molecule has 2 aromatic rings. The van der Waals surface area contributed by atoms with Gasteiger partial charge in [-0.25, -0.2) is 0 Å². The van der Waals surface area contributed by atoms with Crippen molar-refractivity contribution in [3.05, 3.63) is 57.9 Å². The number of pyridine rings is 1. The van der Waals surface area contributed by atoms with E-state index in [2.05, 4.69) is 0 Å². The molecule has 2 aromatic heterocycles. The molecule has 0 fully saturated rings. The molecule has 4 heteroatoms. The Morgan fingerprint density at radius 3 is 2.88 bits per heavy atom. The van der Waals surface area contributed by atoms with Gasteiger partial charge in [0.2, 0.25) is 0 Å².